The van der Waals surface area contributed by atoms with Crippen molar-refractivity contribution < 1.29 is 19.1 Å². The van der Waals surface area contributed by atoms with Crippen molar-refractivity contribution in [2.75, 3.05) is 24.4 Å². The monoisotopic (exact) mass is 368 g/mol. The number of rotatable bonds is 6. The van der Waals surface area contributed by atoms with Gasteiger partial charge in [-0.05, 0) is 43.7 Å². The Balaban J connectivity index is 1.65. The molecule has 0 aliphatic carbocycles. The molecule has 1 atom stereocenters. The minimum atomic E-state index is -0.142. The van der Waals surface area contributed by atoms with Crippen molar-refractivity contribution in [2.24, 2.45) is 0 Å². The van der Waals surface area contributed by atoms with Gasteiger partial charge in [0.05, 0.1) is 20.6 Å². The molecule has 1 unspecified atom stereocenters. The van der Waals surface area contributed by atoms with Gasteiger partial charge in [0.1, 0.15) is 11.5 Å². The number of methoxy groups -OCH3 is 2. The summed E-state index contributed by atoms with van der Waals surface area (Å²) in [6.07, 6.45) is 1.65. The minimum absolute atomic E-state index is 0.142. The average Bonchev–Trinajstić information content (AvgIpc) is 3.01. The third kappa shape index (κ3) is 4.22. The van der Waals surface area contributed by atoms with Crippen LogP contribution in [0.15, 0.2) is 42.5 Å². The van der Waals surface area contributed by atoms with Crippen LogP contribution in [0.4, 0.5) is 11.4 Å². The molecule has 0 bridgehead atoms. The highest BCUT2D eigenvalue weighted by molar-refractivity contribution is 5.97. The molecular weight excluding hydrogens is 344 g/mol. The van der Waals surface area contributed by atoms with Crippen molar-refractivity contribution in [3.63, 3.8) is 0 Å². The average molecular weight is 368 g/mol. The first-order valence-electron chi connectivity index (χ1n) is 8.94. The lowest BCUT2D eigenvalue weighted by Gasteiger charge is -2.22. The van der Waals surface area contributed by atoms with E-state index in [2.05, 4.69) is 5.32 Å². The zero-order chi connectivity index (χ0) is 19.4. The molecule has 1 heterocycles. The molecule has 1 fully saturated rings. The Labute approximate surface area is 159 Å². The van der Waals surface area contributed by atoms with E-state index >= 15 is 0 Å². The third-order valence-electron chi connectivity index (χ3n) is 4.76. The number of anilines is 2. The molecule has 1 saturated heterocycles. The van der Waals surface area contributed by atoms with E-state index < -0.39 is 0 Å². The van der Waals surface area contributed by atoms with Gasteiger partial charge < -0.3 is 19.7 Å². The highest BCUT2D eigenvalue weighted by Crippen LogP contribution is 2.28. The van der Waals surface area contributed by atoms with E-state index in [4.69, 9.17) is 9.47 Å². The second-order valence-electron chi connectivity index (χ2n) is 6.60. The number of carbonyl (C=O) groups is 2. The summed E-state index contributed by atoms with van der Waals surface area (Å²) >= 11 is 0. The van der Waals surface area contributed by atoms with Crippen LogP contribution in [0.25, 0.3) is 0 Å². The normalized spacial score (nSPS) is 16.3. The van der Waals surface area contributed by atoms with Gasteiger partial charge in [-0.1, -0.05) is 6.07 Å². The van der Waals surface area contributed by atoms with E-state index in [9.17, 15) is 9.59 Å². The second-order valence-corrected chi connectivity index (χ2v) is 6.60. The Morgan fingerprint density at radius 1 is 1.15 bits per heavy atom. The fourth-order valence-corrected chi connectivity index (χ4v) is 3.31. The number of hydrogen-bond acceptors (Lipinski definition) is 4. The molecule has 0 aromatic heterocycles. The Bertz CT molecular complexity index is 833. The summed E-state index contributed by atoms with van der Waals surface area (Å²) in [4.78, 5) is 26.2. The number of ether oxygens (including phenoxy) is 2. The highest BCUT2D eigenvalue weighted by atomic mass is 16.5. The van der Waals surface area contributed by atoms with Crippen molar-refractivity contribution in [2.45, 2.75) is 32.2 Å². The van der Waals surface area contributed by atoms with Crippen LogP contribution in [0.5, 0.6) is 11.5 Å². The standard InChI is InChI=1S/C21H24N2O4/c1-14-4-11-21(25)23(14)17-8-6-16(7-9-17)22-20(24)12-15-5-10-18(26-2)13-19(15)27-3/h5-10,13-14H,4,11-12H2,1-3H3,(H,22,24). The lowest BCUT2D eigenvalue weighted by Crippen LogP contribution is -2.30. The molecule has 0 saturated carbocycles. The summed E-state index contributed by atoms with van der Waals surface area (Å²) in [5.74, 6) is 1.29. The summed E-state index contributed by atoms with van der Waals surface area (Å²) in [5.41, 5.74) is 2.33. The number of amides is 2. The van der Waals surface area contributed by atoms with Crippen LogP contribution in [0.3, 0.4) is 0 Å². The highest BCUT2D eigenvalue weighted by Gasteiger charge is 2.28. The smallest absolute Gasteiger partial charge is 0.228 e. The van der Waals surface area contributed by atoms with Crippen LogP contribution in [0.2, 0.25) is 0 Å². The maximum atomic E-state index is 12.4. The zero-order valence-electron chi connectivity index (χ0n) is 15.8. The van der Waals surface area contributed by atoms with Crippen molar-refractivity contribution in [3.05, 3.63) is 48.0 Å². The first-order valence-corrected chi connectivity index (χ1v) is 8.94. The number of carbonyl (C=O) groups excluding carboxylic acids is 2. The molecule has 2 amide bonds. The predicted molar refractivity (Wildman–Crippen MR) is 105 cm³/mol. The maximum absolute atomic E-state index is 12.4. The quantitative estimate of drug-likeness (QED) is 0.849. The predicted octanol–water partition coefficient (Wildman–Crippen LogP) is 3.40. The summed E-state index contributed by atoms with van der Waals surface area (Å²) in [5, 5.41) is 2.88. The van der Waals surface area contributed by atoms with E-state index in [0.29, 0.717) is 23.6 Å². The Hall–Kier alpha value is -3.02. The molecule has 2 aromatic rings. The molecule has 0 radical (unpaired) electrons. The van der Waals surface area contributed by atoms with Gasteiger partial charge in [0.2, 0.25) is 11.8 Å². The topological polar surface area (TPSA) is 67.9 Å². The number of benzene rings is 2. The summed E-state index contributed by atoms with van der Waals surface area (Å²) < 4.78 is 10.5. The van der Waals surface area contributed by atoms with Crippen LogP contribution in [0, 0.1) is 0 Å². The van der Waals surface area contributed by atoms with E-state index in [0.717, 1.165) is 17.7 Å². The fourth-order valence-electron chi connectivity index (χ4n) is 3.31. The SMILES string of the molecule is COc1ccc(CC(=O)Nc2ccc(N3C(=O)CCC3C)cc2)c(OC)c1. The van der Waals surface area contributed by atoms with Crippen molar-refractivity contribution >= 4 is 23.2 Å². The maximum Gasteiger partial charge on any atom is 0.228 e. The van der Waals surface area contributed by atoms with Crippen molar-refractivity contribution in [3.8, 4) is 11.5 Å². The minimum Gasteiger partial charge on any atom is -0.497 e. The fraction of sp³-hybridized carbons (Fsp3) is 0.333. The van der Waals surface area contributed by atoms with Crippen LogP contribution in [-0.4, -0.2) is 32.1 Å². The van der Waals surface area contributed by atoms with Crippen LogP contribution in [-0.2, 0) is 16.0 Å². The lowest BCUT2D eigenvalue weighted by atomic mass is 10.1. The van der Waals surface area contributed by atoms with Crippen LogP contribution >= 0.6 is 0 Å². The van der Waals surface area contributed by atoms with Gasteiger partial charge in [-0.3, -0.25) is 9.59 Å². The van der Waals surface area contributed by atoms with Crippen LogP contribution in [0.1, 0.15) is 25.3 Å². The van der Waals surface area contributed by atoms with Gasteiger partial charge in [0.15, 0.2) is 0 Å². The van der Waals surface area contributed by atoms with E-state index in [1.54, 1.807) is 26.4 Å². The molecule has 6 nitrogen and oxygen atoms in total. The molecule has 27 heavy (non-hydrogen) atoms. The van der Waals surface area contributed by atoms with Crippen LogP contribution < -0.4 is 19.7 Å². The molecule has 0 spiro atoms. The summed E-state index contributed by atoms with van der Waals surface area (Å²) in [6.45, 7) is 2.04. The molecular formula is C21H24N2O4. The van der Waals surface area contributed by atoms with Gasteiger partial charge in [0, 0.05) is 35.5 Å². The summed E-state index contributed by atoms with van der Waals surface area (Å²) in [7, 11) is 3.15. The Kier molecular flexibility index (Phi) is 5.64. The first-order chi connectivity index (χ1) is 13.0. The molecule has 3 rings (SSSR count). The summed E-state index contributed by atoms with van der Waals surface area (Å²) in [6, 6.07) is 12.9. The first kappa shape index (κ1) is 18.8. The van der Waals surface area contributed by atoms with Crippen molar-refractivity contribution in [1.29, 1.82) is 0 Å². The largest absolute Gasteiger partial charge is 0.497 e. The van der Waals surface area contributed by atoms with E-state index in [-0.39, 0.29) is 24.3 Å². The van der Waals surface area contributed by atoms with E-state index in [1.807, 2.05) is 42.2 Å². The Morgan fingerprint density at radius 2 is 1.89 bits per heavy atom. The number of nitrogens with zero attached hydrogens (tertiary/aromatic N) is 1. The molecule has 142 valence electrons. The van der Waals surface area contributed by atoms with Gasteiger partial charge in [-0.15, -0.1) is 0 Å². The molecule has 2 aromatic carbocycles. The lowest BCUT2D eigenvalue weighted by molar-refractivity contribution is -0.117. The zero-order valence-corrected chi connectivity index (χ0v) is 15.8. The second kappa shape index (κ2) is 8.12. The van der Waals surface area contributed by atoms with Gasteiger partial charge in [-0.2, -0.15) is 0 Å². The van der Waals surface area contributed by atoms with Gasteiger partial charge in [0.25, 0.3) is 0 Å². The van der Waals surface area contributed by atoms with Crippen molar-refractivity contribution in [1.82, 2.24) is 0 Å². The number of nitrogens with one attached hydrogen (secondary N) is 1. The van der Waals surface area contributed by atoms with Gasteiger partial charge in [-0.25, -0.2) is 0 Å². The molecule has 1 aliphatic rings. The number of hydrogen-bond donors (Lipinski definition) is 1. The Morgan fingerprint density at radius 3 is 2.48 bits per heavy atom. The van der Waals surface area contributed by atoms with Gasteiger partial charge >= 0.3 is 0 Å². The molecule has 1 N–H and O–H groups in total. The molecule has 1 aliphatic heterocycles. The molecule has 6 heteroatoms. The third-order valence-corrected chi connectivity index (χ3v) is 4.76. The van der Waals surface area contributed by atoms with E-state index in [1.165, 1.54) is 0 Å².